The third-order valence-electron chi connectivity index (χ3n) is 8.28. The molecular formula is C36H37F2N3O5S. The first kappa shape index (κ1) is 33.6. The fourth-order valence-corrected chi connectivity index (χ4v) is 7.13. The van der Waals surface area contributed by atoms with E-state index in [4.69, 9.17) is 4.74 Å². The van der Waals surface area contributed by atoms with Gasteiger partial charge in [-0.05, 0) is 84.6 Å². The predicted molar refractivity (Wildman–Crippen MR) is 175 cm³/mol. The van der Waals surface area contributed by atoms with Gasteiger partial charge in [0.05, 0.1) is 17.7 Å². The zero-order valence-electron chi connectivity index (χ0n) is 26.0. The van der Waals surface area contributed by atoms with E-state index in [2.05, 4.69) is 5.32 Å². The smallest absolute Gasteiger partial charge is 0.264 e. The second kappa shape index (κ2) is 15.2. The first-order valence-corrected chi connectivity index (χ1v) is 16.9. The molecule has 11 heteroatoms. The zero-order valence-corrected chi connectivity index (χ0v) is 26.8. The summed E-state index contributed by atoms with van der Waals surface area (Å²) in [5.41, 5.74) is 1.42. The summed E-state index contributed by atoms with van der Waals surface area (Å²) in [6.07, 6.45) is 3.79. The number of hydrogen-bond donors (Lipinski definition) is 1. The van der Waals surface area contributed by atoms with E-state index >= 15 is 0 Å². The SMILES string of the molecule is COc1ccc(S(=O)(=O)N(CC(=O)N(Cc2ccc(F)cc2)[C@H](Cc2ccccc2)C(=O)NC2CCCC2)c2ccc(F)cc2)cc1. The number of anilines is 1. The number of carbonyl (C=O) groups is 2. The molecule has 0 aliphatic heterocycles. The fourth-order valence-electron chi connectivity index (χ4n) is 5.72. The Balaban J connectivity index is 1.55. The number of sulfonamides is 1. The van der Waals surface area contributed by atoms with E-state index in [1.807, 2.05) is 30.3 Å². The molecule has 1 fully saturated rings. The molecular weight excluding hydrogens is 624 g/mol. The van der Waals surface area contributed by atoms with Crippen molar-refractivity contribution in [2.45, 2.75) is 55.6 Å². The minimum atomic E-state index is -4.36. The highest BCUT2D eigenvalue weighted by Gasteiger charge is 2.35. The minimum absolute atomic E-state index is 0.0327. The number of hydrogen-bond acceptors (Lipinski definition) is 5. The number of rotatable bonds is 13. The van der Waals surface area contributed by atoms with Crippen LogP contribution >= 0.6 is 0 Å². The quantitative estimate of drug-likeness (QED) is 0.194. The van der Waals surface area contributed by atoms with Gasteiger partial charge in [-0.15, -0.1) is 0 Å². The van der Waals surface area contributed by atoms with E-state index in [9.17, 15) is 26.8 Å². The maximum atomic E-state index is 14.5. The molecule has 0 bridgehead atoms. The van der Waals surface area contributed by atoms with Crippen LogP contribution in [0.15, 0.2) is 108 Å². The third-order valence-corrected chi connectivity index (χ3v) is 10.1. The zero-order chi connectivity index (χ0) is 33.4. The van der Waals surface area contributed by atoms with Crippen LogP contribution in [0.25, 0.3) is 0 Å². The Hall–Kier alpha value is -4.77. The number of carbonyl (C=O) groups excluding carboxylic acids is 2. The van der Waals surface area contributed by atoms with Crippen LogP contribution in [0.3, 0.4) is 0 Å². The summed E-state index contributed by atoms with van der Waals surface area (Å²) in [5.74, 6) is -1.62. The van der Waals surface area contributed by atoms with Crippen molar-refractivity contribution in [1.29, 1.82) is 0 Å². The molecule has 0 spiro atoms. The molecule has 0 aromatic heterocycles. The van der Waals surface area contributed by atoms with Gasteiger partial charge in [0.25, 0.3) is 10.0 Å². The van der Waals surface area contributed by atoms with Crippen molar-refractivity contribution in [2.24, 2.45) is 0 Å². The Kier molecular flexibility index (Phi) is 10.9. The van der Waals surface area contributed by atoms with Gasteiger partial charge in [0, 0.05) is 19.0 Å². The molecule has 2 amide bonds. The van der Waals surface area contributed by atoms with E-state index in [0.717, 1.165) is 47.7 Å². The monoisotopic (exact) mass is 661 g/mol. The first-order chi connectivity index (χ1) is 22.6. The van der Waals surface area contributed by atoms with Crippen molar-refractivity contribution in [3.8, 4) is 5.75 Å². The summed E-state index contributed by atoms with van der Waals surface area (Å²) in [7, 11) is -2.91. The van der Waals surface area contributed by atoms with Crippen molar-refractivity contribution in [3.05, 3.63) is 126 Å². The van der Waals surface area contributed by atoms with Crippen LogP contribution in [-0.4, -0.2) is 50.9 Å². The Morgan fingerprint density at radius 3 is 2.02 bits per heavy atom. The molecule has 246 valence electrons. The Morgan fingerprint density at radius 1 is 0.830 bits per heavy atom. The van der Waals surface area contributed by atoms with Crippen LogP contribution in [0.2, 0.25) is 0 Å². The van der Waals surface area contributed by atoms with Gasteiger partial charge >= 0.3 is 0 Å². The molecule has 5 rings (SSSR count). The predicted octanol–water partition coefficient (Wildman–Crippen LogP) is 5.87. The van der Waals surface area contributed by atoms with E-state index in [-0.39, 0.29) is 35.5 Å². The van der Waals surface area contributed by atoms with Gasteiger partial charge in [-0.2, -0.15) is 0 Å². The molecule has 0 unspecified atom stereocenters. The lowest BCUT2D eigenvalue weighted by molar-refractivity contribution is -0.140. The van der Waals surface area contributed by atoms with Crippen LogP contribution in [-0.2, 0) is 32.6 Å². The minimum Gasteiger partial charge on any atom is -0.497 e. The number of halogens is 2. The number of amides is 2. The number of nitrogens with one attached hydrogen (secondary N) is 1. The normalized spacial score (nSPS) is 13.9. The maximum absolute atomic E-state index is 14.5. The average molecular weight is 662 g/mol. The third kappa shape index (κ3) is 8.53. The van der Waals surface area contributed by atoms with Crippen molar-refractivity contribution in [2.75, 3.05) is 18.0 Å². The molecule has 4 aromatic rings. The summed E-state index contributed by atoms with van der Waals surface area (Å²) in [5, 5.41) is 3.11. The highest BCUT2D eigenvalue weighted by Crippen LogP contribution is 2.27. The highest BCUT2D eigenvalue weighted by atomic mass is 32.2. The Labute approximate surface area is 274 Å². The van der Waals surface area contributed by atoms with Gasteiger partial charge in [0.2, 0.25) is 11.8 Å². The summed E-state index contributed by atoms with van der Waals surface area (Å²) in [4.78, 5) is 29.7. The molecule has 1 aliphatic rings. The molecule has 1 aliphatic carbocycles. The lowest BCUT2D eigenvalue weighted by atomic mass is 10.0. The van der Waals surface area contributed by atoms with Gasteiger partial charge in [-0.3, -0.25) is 13.9 Å². The number of ether oxygens (including phenoxy) is 1. The van der Waals surface area contributed by atoms with Crippen molar-refractivity contribution in [1.82, 2.24) is 10.2 Å². The lowest BCUT2D eigenvalue weighted by Crippen LogP contribution is -2.54. The van der Waals surface area contributed by atoms with E-state index in [1.54, 1.807) is 0 Å². The molecule has 1 saturated carbocycles. The largest absolute Gasteiger partial charge is 0.497 e. The topological polar surface area (TPSA) is 96.0 Å². The molecule has 1 N–H and O–H groups in total. The maximum Gasteiger partial charge on any atom is 0.264 e. The summed E-state index contributed by atoms with van der Waals surface area (Å²) < 4.78 is 62.1. The second-order valence-electron chi connectivity index (χ2n) is 11.5. The average Bonchev–Trinajstić information content (AvgIpc) is 3.60. The lowest BCUT2D eigenvalue weighted by Gasteiger charge is -2.34. The second-order valence-corrected chi connectivity index (χ2v) is 13.4. The molecule has 8 nitrogen and oxygen atoms in total. The number of benzene rings is 4. The first-order valence-electron chi connectivity index (χ1n) is 15.4. The summed E-state index contributed by atoms with van der Waals surface area (Å²) in [6, 6.07) is 24.2. The summed E-state index contributed by atoms with van der Waals surface area (Å²) >= 11 is 0. The van der Waals surface area contributed by atoms with Crippen LogP contribution in [0.5, 0.6) is 5.75 Å². The van der Waals surface area contributed by atoms with E-state index < -0.39 is 40.2 Å². The van der Waals surface area contributed by atoms with Crippen molar-refractivity contribution < 1.29 is 31.5 Å². The summed E-state index contributed by atoms with van der Waals surface area (Å²) in [6.45, 7) is -0.780. The van der Waals surface area contributed by atoms with Gasteiger partial charge in [-0.1, -0.05) is 55.3 Å². The molecule has 0 radical (unpaired) electrons. The highest BCUT2D eigenvalue weighted by molar-refractivity contribution is 7.92. The van der Waals surface area contributed by atoms with Crippen LogP contribution in [0.4, 0.5) is 14.5 Å². The Bertz CT molecular complexity index is 1750. The molecule has 47 heavy (non-hydrogen) atoms. The van der Waals surface area contributed by atoms with E-state index in [0.29, 0.717) is 11.3 Å². The molecule has 0 saturated heterocycles. The van der Waals surface area contributed by atoms with E-state index in [1.165, 1.54) is 72.7 Å². The molecule has 0 heterocycles. The van der Waals surface area contributed by atoms with Crippen LogP contribution < -0.4 is 14.4 Å². The van der Waals surface area contributed by atoms with Crippen molar-refractivity contribution in [3.63, 3.8) is 0 Å². The number of nitrogens with zero attached hydrogens (tertiary/aromatic N) is 2. The fraction of sp³-hybridized carbons (Fsp3) is 0.278. The van der Waals surface area contributed by atoms with Gasteiger partial charge in [-0.25, -0.2) is 17.2 Å². The Morgan fingerprint density at radius 2 is 1.43 bits per heavy atom. The van der Waals surface area contributed by atoms with Crippen LogP contribution in [0.1, 0.15) is 36.8 Å². The molecule has 4 aromatic carbocycles. The van der Waals surface area contributed by atoms with Gasteiger partial charge in [0.1, 0.15) is 30.0 Å². The number of methoxy groups -OCH3 is 1. The standard InChI is InChI=1S/C36H37F2N3O5S/c1-46-32-19-21-33(22-20-32)47(44,45)41(31-17-15-29(38)16-18-31)25-35(42)40(24-27-11-13-28(37)14-12-27)34(23-26-7-3-2-4-8-26)36(43)39-30-9-5-6-10-30/h2-4,7-8,11-22,30,34H,5-6,9-10,23-25H2,1H3,(H,39,43)/t34-/m1/s1. The van der Waals surface area contributed by atoms with Crippen molar-refractivity contribution >= 4 is 27.5 Å². The van der Waals surface area contributed by atoms with Gasteiger partial charge in [0.15, 0.2) is 0 Å². The van der Waals surface area contributed by atoms with Gasteiger partial charge < -0.3 is 15.0 Å². The molecule has 1 atom stereocenters. The van der Waals surface area contributed by atoms with Crippen LogP contribution in [0, 0.1) is 11.6 Å².